The molecule has 0 saturated carbocycles. The van der Waals surface area contributed by atoms with E-state index in [0.29, 0.717) is 6.10 Å². The van der Waals surface area contributed by atoms with Gasteiger partial charge >= 0.3 is 0 Å². The highest BCUT2D eigenvalue weighted by Gasteiger charge is 2.14. The monoisotopic (exact) mass is 228 g/mol. The minimum atomic E-state index is 0. The zero-order chi connectivity index (χ0) is 9.64. The first-order chi connectivity index (χ1) is 6.95. The van der Waals surface area contributed by atoms with Gasteiger partial charge in [0.2, 0.25) is 0 Å². The average molecular weight is 229 g/mol. The molecular formula is C11H17ClN2O. The average Bonchev–Trinajstić information content (AvgIpc) is 2.72. The maximum absolute atomic E-state index is 5.52. The summed E-state index contributed by atoms with van der Waals surface area (Å²) in [5, 5.41) is 3.39. The first-order valence-corrected chi connectivity index (χ1v) is 5.16. The number of hydrogen-bond donors (Lipinski definition) is 1. The molecule has 1 unspecified atom stereocenters. The molecule has 2 rings (SSSR count). The molecule has 1 aromatic heterocycles. The number of aromatic nitrogens is 1. The molecule has 0 spiro atoms. The first kappa shape index (κ1) is 12.4. The molecule has 1 saturated heterocycles. The van der Waals surface area contributed by atoms with Crippen molar-refractivity contribution in [1.29, 1.82) is 0 Å². The summed E-state index contributed by atoms with van der Waals surface area (Å²) in [4.78, 5) is 3.98. The maximum Gasteiger partial charge on any atom is 0.0700 e. The molecule has 0 aliphatic carbocycles. The number of nitrogens with zero attached hydrogens (tertiary/aromatic N) is 1. The summed E-state index contributed by atoms with van der Waals surface area (Å²) in [6.45, 7) is 2.80. The Morgan fingerprint density at radius 1 is 1.40 bits per heavy atom. The highest BCUT2D eigenvalue weighted by atomic mass is 35.5. The van der Waals surface area contributed by atoms with Gasteiger partial charge in [-0.3, -0.25) is 4.98 Å². The second-order valence-electron chi connectivity index (χ2n) is 3.62. The molecule has 2 heterocycles. The Morgan fingerprint density at radius 3 is 2.87 bits per heavy atom. The number of pyridine rings is 1. The van der Waals surface area contributed by atoms with Crippen LogP contribution >= 0.6 is 12.4 Å². The molecular weight excluding hydrogens is 212 g/mol. The van der Waals surface area contributed by atoms with Crippen LogP contribution in [0.5, 0.6) is 0 Å². The van der Waals surface area contributed by atoms with Gasteiger partial charge in [-0.05, 0) is 30.5 Å². The van der Waals surface area contributed by atoms with E-state index in [1.54, 1.807) is 0 Å². The SMILES string of the molecule is Cl.c1cc(CNCC2CCCO2)ccn1. The third-order valence-corrected chi connectivity index (χ3v) is 2.47. The van der Waals surface area contributed by atoms with E-state index in [-0.39, 0.29) is 12.4 Å². The van der Waals surface area contributed by atoms with Gasteiger partial charge in [0.05, 0.1) is 6.10 Å². The lowest BCUT2D eigenvalue weighted by Gasteiger charge is -2.10. The van der Waals surface area contributed by atoms with Crippen LogP contribution in [0.1, 0.15) is 18.4 Å². The Hall–Kier alpha value is -0.640. The van der Waals surface area contributed by atoms with Crippen molar-refractivity contribution in [3.8, 4) is 0 Å². The minimum Gasteiger partial charge on any atom is -0.377 e. The number of halogens is 1. The normalized spacial score (nSPS) is 19.9. The number of ether oxygens (including phenoxy) is 1. The van der Waals surface area contributed by atoms with Gasteiger partial charge in [0.25, 0.3) is 0 Å². The Balaban J connectivity index is 0.00000112. The molecule has 1 atom stereocenters. The molecule has 0 aromatic carbocycles. The van der Waals surface area contributed by atoms with Crippen molar-refractivity contribution in [2.75, 3.05) is 13.2 Å². The van der Waals surface area contributed by atoms with E-state index >= 15 is 0 Å². The van der Waals surface area contributed by atoms with Crippen LogP contribution in [-0.2, 0) is 11.3 Å². The number of rotatable bonds is 4. The fourth-order valence-corrected chi connectivity index (χ4v) is 1.68. The summed E-state index contributed by atoms with van der Waals surface area (Å²) in [5.41, 5.74) is 1.28. The molecule has 1 fully saturated rings. The van der Waals surface area contributed by atoms with E-state index in [9.17, 15) is 0 Å². The van der Waals surface area contributed by atoms with Crippen molar-refractivity contribution in [3.63, 3.8) is 0 Å². The highest BCUT2D eigenvalue weighted by Crippen LogP contribution is 2.10. The van der Waals surface area contributed by atoms with E-state index < -0.39 is 0 Å². The topological polar surface area (TPSA) is 34.1 Å². The van der Waals surface area contributed by atoms with Crippen LogP contribution in [0.15, 0.2) is 24.5 Å². The van der Waals surface area contributed by atoms with Crippen LogP contribution in [-0.4, -0.2) is 24.2 Å². The summed E-state index contributed by atoms with van der Waals surface area (Å²) >= 11 is 0. The fourth-order valence-electron chi connectivity index (χ4n) is 1.68. The summed E-state index contributed by atoms with van der Waals surface area (Å²) < 4.78 is 5.52. The number of hydrogen-bond acceptors (Lipinski definition) is 3. The lowest BCUT2D eigenvalue weighted by Crippen LogP contribution is -2.25. The maximum atomic E-state index is 5.52. The van der Waals surface area contributed by atoms with Crippen LogP contribution < -0.4 is 5.32 Å². The van der Waals surface area contributed by atoms with Gasteiger partial charge in [-0.1, -0.05) is 0 Å². The van der Waals surface area contributed by atoms with E-state index in [4.69, 9.17) is 4.74 Å². The fraction of sp³-hybridized carbons (Fsp3) is 0.545. The molecule has 4 heteroatoms. The predicted octanol–water partition coefficient (Wildman–Crippen LogP) is 1.77. The van der Waals surface area contributed by atoms with Crippen LogP contribution in [0.2, 0.25) is 0 Å². The Kier molecular flexibility index (Phi) is 5.61. The van der Waals surface area contributed by atoms with Crippen molar-refractivity contribution >= 4 is 12.4 Å². The Morgan fingerprint density at radius 2 is 2.20 bits per heavy atom. The first-order valence-electron chi connectivity index (χ1n) is 5.16. The summed E-state index contributed by atoms with van der Waals surface area (Å²) in [7, 11) is 0. The smallest absolute Gasteiger partial charge is 0.0700 e. The third-order valence-electron chi connectivity index (χ3n) is 2.47. The molecule has 0 bridgehead atoms. The summed E-state index contributed by atoms with van der Waals surface area (Å²) in [6.07, 6.45) is 6.48. The van der Waals surface area contributed by atoms with Gasteiger partial charge in [0.15, 0.2) is 0 Å². The molecule has 1 aliphatic heterocycles. The molecule has 15 heavy (non-hydrogen) atoms. The van der Waals surface area contributed by atoms with Crippen molar-refractivity contribution < 1.29 is 4.74 Å². The van der Waals surface area contributed by atoms with Gasteiger partial charge in [-0.15, -0.1) is 12.4 Å². The Labute approximate surface area is 96.7 Å². The largest absolute Gasteiger partial charge is 0.377 e. The summed E-state index contributed by atoms with van der Waals surface area (Å²) in [6, 6.07) is 4.06. The lowest BCUT2D eigenvalue weighted by molar-refractivity contribution is 0.110. The molecule has 0 radical (unpaired) electrons. The van der Waals surface area contributed by atoms with Crippen LogP contribution in [0.3, 0.4) is 0 Å². The van der Waals surface area contributed by atoms with E-state index in [0.717, 1.165) is 19.7 Å². The van der Waals surface area contributed by atoms with Crippen molar-refractivity contribution in [2.45, 2.75) is 25.5 Å². The van der Waals surface area contributed by atoms with Crippen LogP contribution in [0.25, 0.3) is 0 Å². The molecule has 1 aromatic rings. The van der Waals surface area contributed by atoms with E-state index in [1.165, 1.54) is 18.4 Å². The zero-order valence-electron chi connectivity index (χ0n) is 8.69. The van der Waals surface area contributed by atoms with Gasteiger partial charge < -0.3 is 10.1 Å². The van der Waals surface area contributed by atoms with Gasteiger partial charge in [-0.2, -0.15) is 0 Å². The van der Waals surface area contributed by atoms with Gasteiger partial charge in [0, 0.05) is 32.1 Å². The lowest BCUT2D eigenvalue weighted by atomic mass is 10.2. The second-order valence-corrected chi connectivity index (χ2v) is 3.62. The number of nitrogens with one attached hydrogen (secondary N) is 1. The quantitative estimate of drug-likeness (QED) is 0.853. The van der Waals surface area contributed by atoms with Crippen LogP contribution in [0, 0.1) is 0 Å². The molecule has 1 N–H and O–H groups in total. The van der Waals surface area contributed by atoms with Crippen molar-refractivity contribution in [3.05, 3.63) is 30.1 Å². The second kappa shape index (κ2) is 6.77. The Bertz CT molecular complexity index is 263. The van der Waals surface area contributed by atoms with E-state index in [2.05, 4.69) is 10.3 Å². The standard InChI is InChI=1S/C11H16N2O.ClH/c1-2-11(14-7-1)9-13-8-10-3-5-12-6-4-10;/h3-6,11,13H,1-2,7-9H2;1H. The van der Waals surface area contributed by atoms with Gasteiger partial charge in [-0.25, -0.2) is 0 Å². The van der Waals surface area contributed by atoms with E-state index in [1.807, 2.05) is 24.5 Å². The molecule has 1 aliphatic rings. The van der Waals surface area contributed by atoms with Crippen molar-refractivity contribution in [2.24, 2.45) is 0 Å². The van der Waals surface area contributed by atoms with Crippen LogP contribution in [0.4, 0.5) is 0 Å². The third kappa shape index (κ3) is 4.16. The molecule has 3 nitrogen and oxygen atoms in total. The van der Waals surface area contributed by atoms with Crippen molar-refractivity contribution in [1.82, 2.24) is 10.3 Å². The highest BCUT2D eigenvalue weighted by molar-refractivity contribution is 5.85. The van der Waals surface area contributed by atoms with Gasteiger partial charge in [0.1, 0.15) is 0 Å². The zero-order valence-corrected chi connectivity index (χ0v) is 9.50. The minimum absolute atomic E-state index is 0. The predicted molar refractivity (Wildman–Crippen MR) is 62.2 cm³/mol. The molecule has 0 amide bonds. The molecule has 84 valence electrons. The summed E-state index contributed by atoms with van der Waals surface area (Å²) in [5.74, 6) is 0.